The largest absolute Gasteiger partial charge is 0.480 e. The van der Waals surface area contributed by atoms with Gasteiger partial charge in [-0.05, 0) is 12.5 Å². The minimum absolute atomic E-state index is 0.637. The zero-order valence-electron chi connectivity index (χ0n) is 11.9. The Morgan fingerprint density at radius 2 is 1.64 bits per heavy atom. The van der Waals surface area contributed by atoms with Gasteiger partial charge < -0.3 is 5.11 Å². The third-order valence-corrected chi connectivity index (χ3v) is 4.63. The topological polar surface area (TPSA) is 63.1 Å². The van der Waals surface area contributed by atoms with Gasteiger partial charge >= 0.3 is 5.97 Å². The first kappa shape index (κ1) is 14.5. The highest BCUT2D eigenvalue weighted by Gasteiger charge is 2.23. The van der Waals surface area contributed by atoms with Crippen LogP contribution in [0.4, 0.5) is 0 Å². The molecule has 1 aromatic heterocycles. The number of aryl methyl sites for hydroxylation is 1. The number of aliphatic carboxylic acids is 1. The Morgan fingerprint density at radius 3 is 2.32 bits per heavy atom. The van der Waals surface area contributed by atoms with Gasteiger partial charge in [-0.1, -0.05) is 66.4 Å². The van der Waals surface area contributed by atoms with Crippen molar-refractivity contribution < 1.29 is 9.90 Å². The van der Waals surface area contributed by atoms with Crippen LogP contribution in [0.2, 0.25) is 0 Å². The molecule has 5 heteroatoms. The summed E-state index contributed by atoms with van der Waals surface area (Å²) < 4.78 is 0. The van der Waals surface area contributed by atoms with Crippen LogP contribution in [-0.4, -0.2) is 21.3 Å². The van der Waals surface area contributed by atoms with Crippen molar-refractivity contribution in [1.29, 1.82) is 0 Å². The van der Waals surface area contributed by atoms with Crippen molar-refractivity contribution in [3.63, 3.8) is 0 Å². The van der Waals surface area contributed by atoms with Gasteiger partial charge in [-0.2, -0.15) is 5.10 Å². The van der Waals surface area contributed by atoms with Gasteiger partial charge in [0.1, 0.15) is 10.3 Å². The van der Waals surface area contributed by atoms with Crippen LogP contribution in [-0.2, 0) is 4.79 Å². The molecule has 0 amide bonds. The summed E-state index contributed by atoms with van der Waals surface area (Å²) in [5.74, 6) is -0.886. The van der Waals surface area contributed by atoms with Crippen LogP contribution in [0.25, 0.3) is 10.8 Å². The molecule has 0 saturated carbocycles. The predicted octanol–water partition coefficient (Wildman–Crippen LogP) is 3.86. The molecule has 0 spiro atoms. The van der Waals surface area contributed by atoms with Gasteiger partial charge in [-0.3, -0.25) is 4.79 Å². The van der Waals surface area contributed by atoms with Crippen molar-refractivity contribution in [2.45, 2.75) is 17.2 Å². The fraction of sp³-hybridized carbons (Fsp3) is 0.118. The fourth-order valence-corrected chi connectivity index (χ4v) is 3.31. The lowest BCUT2D eigenvalue weighted by Gasteiger charge is -2.13. The van der Waals surface area contributed by atoms with Gasteiger partial charge in [0.05, 0.1) is 5.69 Å². The lowest BCUT2D eigenvalue weighted by molar-refractivity contribution is -0.136. The van der Waals surface area contributed by atoms with E-state index in [0.29, 0.717) is 5.03 Å². The number of rotatable bonds is 4. The lowest BCUT2D eigenvalue weighted by Crippen LogP contribution is -2.08. The first-order valence-electron chi connectivity index (χ1n) is 6.83. The van der Waals surface area contributed by atoms with Crippen molar-refractivity contribution in [3.8, 4) is 0 Å². The number of carboxylic acid groups (broad SMARTS) is 1. The molecule has 3 rings (SSSR count). The van der Waals surface area contributed by atoms with E-state index in [9.17, 15) is 9.90 Å². The van der Waals surface area contributed by atoms with E-state index < -0.39 is 11.2 Å². The smallest absolute Gasteiger partial charge is 0.321 e. The average molecular weight is 310 g/mol. The second-order valence-electron chi connectivity index (χ2n) is 4.88. The zero-order chi connectivity index (χ0) is 15.5. The second kappa shape index (κ2) is 6.15. The van der Waals surface area contributed by atoms with E-state index in [1.165, 1.54) is 11.8 Å². The van der Waals surface area contributed by atoms with Crippen molar-refractivity contribution in [2.75, 3.05) is 0 Å². The van der Waals surface area contributed by atoms with E-state index in [1.54, 1.807) is 0 Å². The number of carbonyl (C=O) groups is 1. The quantitative estimate of drug-likeness (QED) is 0.741. The van der Waals surface area contributed by atoms with Crippen LogP contribution in [0, 0.1) is 6.92 Å². The average Bonchev–Trinajstić information content (AvgIpc) is 2.55. The Labute approximate surface area is 132 Å². The van der Waals surface area contributed by atoms with Crippen molar-refractivity contribution in [3.05, 3.63) is 65.9 Å². The Bertz CT molecular complexity index is 821. The van der Waals surface area contributed by atoms with Gasteiger partial charge in [0.15, 0.2) is 0 Å². The molecule has 3 aromatic rings. The molecular formula is C17H14N2O2S. The molecule has 1 heterocycles. The van der Waals surface area contributed by atoms with Crippen LogP contribution in [0.1, 0.15) is 16.5 Å². The third kappa shape index (κ3) is 2.80. The van der Waals surface area contributed by atoms with E-state index in [1.807, 2.05) is 61.5 Å². The summed E-state index contributed by atoms with van der Waals surface area (Å²) in [5.41, 5.74) is 1.58. The van der Waals surface area contributed by atoms with Crippen LogP contribution in [0.3, 0.4) is 0 Å². The number of nitrogens with zero attached hydrogens (tertiary/aromatic N) is 2. The summed E-state index contributed by atoms with van der Waals surface area (Å²) >= 11 is 1.21. The molecule has 110 valence electrons. The highest BCUT2D eigenvalue weighted by atomic mass is 32.2. The van der Waals surface area contributed by atoms with E-state index in [2.05, 4.69) is 10.2 Å². The normalized spacial score (nSPS) is 12.2. The monoisotopic (exact) mass is 310 g/mol. The summed E-state index contributed by atoms with van der Waals surface area (Å²) in [7, 11) is 0. The van der Waals surface area contributed by atoms with Gasteiger partial charge in [0.2, 0.25) is 0 Å². The summed E-state index contributed by atoms with van der Waals surface area (Å²) in [6.45, 7) is 1.90. The van der Waals surface area contributed by atoms with Crippen LogP contribution in [0.15, 0.2) is 59.6 Å². The molecule has 0 aliphatic rings. The van der Waals surface area contributed by atoms with Gasteiger partial charge in [0.25, 0.3) is 0 Å². The number of carboxylic acids is 1. The third-order valence-electron chi connectivity index (χ3n) is 3.39. The summed E-state index contributed by atoms with van der Waals surface area (Å²) in [4.78, 5) is 11.6. The molecule has 1 N–H and O–H groups in total. The molecule has 0 bridgehead atoms. The maximum atomic E-state index is 11.6. The number of hydrogen-bond acceptors (Lipinski definition) is 4. The van der Waals surface area contributed by atoms with Gasteiger partial charge in [-0.25, -0.2) is 0 Å². The first-order valence-corrected chi connectivity index (χ1v) is 7.71. The van der Waals surface area contributed by atoms with E-state index in [0.717, 1.165) is 22.0 Å². The fourth-order valence-electron chi connectivity index (χ4n) is 2.30. The molecule has 0 aliphatic carbocycles. The molecule has 0 unspecified atom stereocenters. The molecule has 0 saturated heterocycles. The molecule has 1 atom stereocenters. The number of benzene rings is 2. The number of thioether (sulfide) groups is 1. The van der Waals surface area contributed by atoms with E-state index in [4.69, 9.17) is 0 Å². The summed E-state index contributed by atoms with van der Waals surface area (Å²) in [5, 5.41) is 19.8. The minimum atomic E-state index is -0.886. The molecule has 0 aliphatic heterocycles. The summed E-state index contributed by atoms with van der Waals surface area (Å²) in [6, 6.07) is 17.0. The minimum Gasteiger partial charge on any atom is -0.480 e. The lowest BCUT2D eigenvalue weighted by atomic mass is 10.1. The van der Waals surface area contributed by atoms with Crippen molar-refractivity contribution in [1.82, 2.24) is 10.2 Å². The van der Waals surface area contributed by atoms with Crippen molar-refractivity contribution in [2.24, 2.45) is 0 Å². The summed E-state index contributed by atoms with van der Waals surface area (Å²) in [6.07, 6.45) is 0. The van der Waals surface area contributed by atoms with Crippen LogP contribution in [0.5, 0.6) is 0 Å². The first-order chi connectivity index (χ1) is 10.7. The maximum Gasteiger partial charge on any atom is 0.321 e. The van der Waals surface area contributed by atoms with Gasteiger partial charge in [-0.15, -0.1) is 5.10 Å². The van der Waals surface area contributed by atoms with E-state index >= 15 is 0 Å². The molecule has 0 fully saturated rings. The molecule has 4 nitrogen and oxygen atoms in total. The molecule has 2 aromatic carbocycles. The Morgan fingerprint density at radius 1 is 1.00 bits per heavy atom. The van der Waals surface area contributed by atoms with Crippen molar-refractivity contribution >= 4 is 28.5 Å². The van der Waals surface area contributed by atoms with Gasteiger partial charge in [0, 0.05) is 10.8 Å². The number of aromatic nitrogens is 2. The Hall–Kier alpha value is -2.40. The Balaban J connectivity index is 2.04. The highest BCUT2D eigenvalue weighted by Crippen LogP contribution is 2.37. The number of fused-ring (bicyclic) bond motifs is 1. The second-order valence-corrected chi connectivity index (χ2v) is 5.98. The Kier molecular flexibility index (Phi) is 4.06. The predicted molar refractivity (Wildman–Crippen MR) is 87.0 cm³/mol. The standard InChI is InChI=1S/C17H14N2O2S/c1-11-13-9-5-6-10-14(13)16(19-18-11)22-15(17(20)21)12-7-3-2-4-8-12/h2-10,15H,1H3,(H,20,21)/t15-/m0/s1. The number of hydrogen-bond donors (Lipinski definition) is 1. The molecular weight excluding hydrogens is 296 g/mol. The highest BCUT2D eigenvalue weighted by molar-refractivity contribution is 8.00. The maximum absolute atomic E-state index is 11.6. The zero-order valence-corrected chi connectivity index (χ0v) is 12.7. The van der Waals surface area contributed by atoms with Crippen LogP contribution < -0.4 is 0 Å². The van der Waals surface area contributed by atoms with E-state index in [-0.39, 0.29) is 0 Å². The molecule has 0 radical (unpaired) electrons. The molecule has 22 heavy (non-hydrogen) atoms. The van der Waals surface area contributed by atoms with Crippen LogP contribution >= 0.6 is 11.8 Å². The SMILES string of the molecule is Cc1nnc(S[C@H](C(=O)O)c2ccccc2)c2ccccc12.